The molecule has 40 valence electrons. The van der Waals surface area contributed by atoms with Gasteiger partial charge in [0.2, 0.25) is 0 Å². The van der Waals surface area contributed by atoms with Crippen LogP contribution in [-0.4, -0.2) is 19.8 Å². The molecule has 0 aliphatic carbocycles. The topological polar surface area (TPSA) is 18.5 Å². The molecule has 0 aromatic carbocycles. The minimum absolute atomic E-state index is 0.569. The summed E-state index contributed by atoms with van der Waals surface area (Å²) in [5.41, 5.74) is 0. The summed E-state index contributed by atoms with van der Waals surface area (Å²) in [6.45, 7) is 5.51. The largest absolute Gasteiger partial charge is 0.494 e. The lowest BCUT2D eigenvalue weighted by Crippen LogP contribution is -2.14. The zero-order chi connectivity index (χ0) is 5.11. The molecule has 0 unspecified atom stereocenters. The summed E-state index contributed by atoms with van der Waals surface area (Å²) < 4.78 is 9.92. The zero-order valence-corrected chi connectivity index (χ0v) is 4.14. The summed E-state index contributed by atoms with van der Waals surface area (Å²) in [5, 5.41) is 0. The smallest absolute Gasteiger partial charge is 0.115 e. The molecule has 0 atom stereocenters. The molecule has 0 radical (unpaired) electrons. The van der Waals surface area contributed by atoms with Gasteiger partial charge in [-0.15, -0.1) is 0 Å². The molecule has 2 heteroatoms. The van der Waals surface area contributed by atoms with Crippen LogP contribution in [0.1, 0.15) is 0 Å². The van der Waals surface area contributed by atoms with Crippen LogP contribution in [0.25, 0.3) is 0 Å². The molecular formula is C5H8O2. The van der Waals surface area contributed by atoms with Crippen molar-refractivity contribution < 1.29 is 9.47 Å². The van der Waals surface area contributed by atoms with Gasteiger partial charge < -0.3 is 9.47 Å². The molecule has 0 spiro atoms. The molecule has 1 aliphatic rings. The van der Waals surface area contributed by atoms with E-state index in [2.05, 4.69) is 6.58 Å². The molecule has 1 fully saturated rings. The third-order valence-electron chi connectivity index (χ3n) is 0.797. The molecule has 0 bridgehead atoms. The van der Waals surface area contributed by atoms with Crippen molar-refractivity contribution in [3.63, 3.8) is 0 Å². The van der Waals surface area contributed by atoms with Crippen LogP contribution in [0.5, 0.6) is 0 Å². The maximum absolute atomic E-state index is 4.96. The number of hydrogen-bond donors (Lipinski definition) is 0. The first-order valence-electron chi connectivity index (χ1n) is 2.28. The predicted octanol–water partition coefficient (Wildman–Crippen LogP) is 0.547. The van der Waals surface area contributed by atoms with Crippen molar-refractivity contribution in [1.82, 2.24) is 0 Å². The second-order valence-corrected chi connectivity index (χ2v) is 1.44. The van der Waals surface area contributed by atoms with E-state index in [1.54, 1.807) is 0 Å². The first-order chi connectivity index (χ1) is 3.39. The molecule has 1 aliphatic heterocycles. The first kappa shape index (κ1) is 4.65. The first-order valence-corrected chi connectivity index (χ1v) is 2.28. The van der Waals surface area contributed by atoms with Crippen molar-refractivity contribution in [3.05, 3.63) is 12.3 Å². The van der Waals surface area contributed by atoms with Gasteiger partial charge in [0.05, 0.1) is 6.61 Å². The minimum atomic E-state index is 0.569. The maximum atomic E-state index is 4.96. The highest BCUT2D eigenvalue weighted by Crippen LogP contribution is 1.99. The molecule has 2 nitrogen and oxygen atoms in total. The lowest BCUT2D eigenvalue weighted by molar-refractivity contribution is 0.0143. The molecule has 7 heavy (non-hydrogen) atoms. The molecule has 0 N–H and O–H groups in total. The normalized spacial score (nSPS) is 21.4. The molecule has 0 aromatic heterocycles. The van der Waals surface area contributed by atoms with Crippen LogP contribution in [0.4, 0.5) is 0 Å². The zero-order valence-electron chi connectivity index (χ0n) is 4.14. The summed E-state index contributed by atoms with van der Waals surface area (Å²) in [6.07, 6.45) is 0. The molecule has 0 amide bonds. The third kappa shape index (κ3) is 1.20. The molecular weight excluding hydrogens is 92.1 g/mol. The fourth-order valence-corrected chi connectivity index (χ4v) is 0.473. The van der Waals surface area contributed by atoms with Crippen LogP contribution in [0.15, 0.2) is 12.3 Å². The van der Waals surface area contributed by atoms with Crippen molar-refractivity contribution in [1.29, 1.82) is 0 Å². The SMILES string of the molecule is C=C1COCCO1. The summed E-state index contributed by atoms with van der Waals surface area (Å²) >= 11 is 0. The van der Waals surface area contributed by atoms with Gasteiger partial charge in [-0.1, -0.05) is 6.58 Å². The standard InChI is InChI=1S/C5H8O2/c1-5-4-6-2-3-7-5/h1-4H2. The maximum Gasteiger partial charge on any atom is 0.115 e. The second kappa shape index (κ2) is 1.98. The molecule has 1 rings (SSSR count). The van der Waals surface area contributed by atoms with Gasteiger partial charge in [-0.25, -0.2) is 0 Å². The van der Waals surface area contributed by atoms with Gasteiger partial charge >= 0.3 is 0 Å². The Morgan fingerprint density at radius 3 is 2.57 bits per heavy atom. The second-order valence-electron chi connectivity index (χ2n) is 1.44. The van der Waals surface area contributed by atoms with Crippen molar-refractivity contribution in [2.45, 2.75) is 0 Å². The van der Waals surface area contributed by atoms with Crippen LogP contribution in [0.3, 0.4) is 0 Å². The summed E-state index contributed by atoms with van der Waals surface area (Å²) in [7, 11) is 0. The Morgan fingerprint density at radius 2 is 2.29 bits per heavy atom. The third-order valence-corrected chi connectivity index (χ3v) is 0.797. The summed E-state index contributed by atoms with van der Waals surface area (Å²) in [4.78, 5) is 0. The minimum Gasteiger partial charge on any atom is -0.494 e. The number of ether oxygens (including phenoxy) is 2. The average molecular weight is 100 g/mol. The fraction of sp³-hybridized carbons (Fsp3) is 0.600. The Bertz CT molecular complexity index is 70.1. The lowest BCUT2D eigenvalue weighted by atomic mass is 10.5. The van der Waals surface area contributed by atoms with Crippen LogP contribution >= 0.6 is 0 Å². The van der Waals surface area contributed by atoms with E-state index in [0.717, 1.165) is 5.76 Å². The summed E-state index contributed by atoms with van der Waals surface area (Å²) in [5.74, 6) is 0.742. The van der Waals surface area contributed by atoms with E-state index in [9.17, 15) is 0 Å². The van der Waals surface area contributed by atoms with Crippen molar-refractivity contribution in [2.24, 2.45) is 0 Å². The van der Waals surface area contributed by atoms with Gasteiger partial charge in [-0.2, -0.15) is 0 Å². The van der Waals surface area contributed by atoms with Crippen molar-refractivity contribution in [2.75, 3.05) is 19.8 Å². The van der Waals surface area contributed by atoms with E-state index < -0.39 is 0 Å². The van der Waals surface area contributed by atoms with Gasteiger partial charge in [0, 0.05) is 0 Å². The summed E-state index contributed by atoms with van der Waals surface area (Å²) in [6, 6.07) is 0. The van der Waals surface area contributed by atoms with Crippen molar-refractivity contribution in [3.8, 4) is 0 Å². The van der Waals surface area contributed by atoms with E-state index in [0.29, 0.717) is 19.8 Å². The number of rotatable bonds is 0. The van der Waals surface area contributed by atoms with Crippen molar-refractivity contribution >= 4 is 0 Å². The van der Waals surface area contributed by atoms with Gasteiger partial charge in [-0.3, -0.25) is 0 Å². The van der Waals surface area contributed by atoms with Crippen LogP contribution < -0.4 is 0 Å². The molecule has 0 aromatic rings. The molecule has 1 saturated heterocycles. The number of hydrogen-bond acceptors (Lipinski definition) is 2. The molecule has 0 saturated carbocycles. The Morgan fingerprint density at radius 1 is 1.43 bits per heavy atom. The molecule has 1 heterocycles. The highest BCUT2D eigenvalue weighted by Gasteiger charge is 2.00. The Labute approximate surface area is 42.7 Å². The average Bonchev–Trinajstić information content (AvgIpc) is 1.69. The quantitative estimate of drug-likeness (QED) is 0.442. The van der Waals surface area contributed by atoms with E-state index in [-0.39, 0.29) is 0 Å². The van der Waals surface area contributed by atoms with Crippen LogP contribution in [0, 0.1) is 0 Å². The van der Waals surface area contributed by atoms with Crippen LogP contribution in [-0.2, 0) is 9.47 Å². The predicted molar refractivity (Wildman–Crippen MR) is 25.9 cm³/mol. The lowest BCUT2D eigenvalue weighted by Gasteiger charge is -2.14. The Kier molecular flexibility index (Phi) is 1.32. The Balaban J connectivity index is 2.25. The highest BCUT2D eigenvalue weighted by atomic mass is 16.6. The highest BCUT2D eigenvalue weighted by molar-refractivity contribution is 4.83. The van der Waals surface area contributed by atoms with E-state index in [1.807, 2.05) is 0 Å². The van der Waals surface area contributed by atoms with E-state index >= 15 is 0 Å². The Hall–Kier alpha value is -0.500. The van der Waals surface area contributed by atoms with Crippen LogP contribution in [0.2, 0.25) is 0 Å². The van der Waals surface area contributed by atoms with Gasteiger partial charge in [0.15, 0.2) is 0 Å². The van der Waals surface area contributed by atoms with E-state index in [4.69, 9.17) is 9.47 Å². The van der Waals surface area contributed by atoms with Gasteiger partial charge in [-0.05, 0) is 0 Å². The van der Waals surface area contributed by atoms with E-state index in [1.165, 1.54) is 0 Å². The monoisotopic (exact) mass is 100 g/mol. The van der Waals surface area contributed by atoms with Gasteiger partial charge in [0.1, 0.15) is 19.0 Å². The fourth-order valence-electron chi connectivity index (χ4n) is 0.473. The van der Waals surface area contributed by atoms with Gasteiger partial charge in [0.25, 0.3) is 0 Å².